The standard InChI is InChI=1S/C10H10BrNO2/c11-6-1-2-7-9(5-6)14-4-3-8(12)10(7)13/h1-2,5,8H,3-4,12H2. The first-order valence-electron chi connectivity index (χ1n) is 4.40. The van der Waals surface area contributed by atoms with E-state index < -0.39 is 6.04 Å². The van der Waals surface area contributed by atoms with Gasteiger partial charge in [-0.05, 0) is 18.2 Å². The molecule has 74 valence electrons. The number of rotatable bonds is 0. The van der Waals surface area contributed by atoms with Gasteiger partial charge in [0.25, 0.3) is 0 Å². The molecule has 1 aromatic carbocycles. The lowest BCUT2D eigenvalue weighted by Crippen LogP contribution is -2.30. The molecule has 1 atom stereocenters. The van der Waals surface area contributed by atoms with Crippen LogP contribution in [0.2, 0.25) is 0 Å². The molecular formula is C10H10BrNO2. The molecule has 3 nitrogen and oxygen atoms in total. The number of carbonyl (C=O) groups is 1. The first-order chi connectivity index (χ1) is 6.68. The van der Waals surface area contributed by atoms with Crippen molar-refractivity contribution in [2.24, 2.45) is 5.73 Å². The molecule has 4 heteroatoms. The number of Topliss-reactive ketones (excluding diaryl/α,β-unsaturated/α-hetero) is 1. The van der Waals surface area contributed by atoms with E-state index in [-0.39, 0.29) is 5.78 Å². The maximum atomic E-state index is 11.7. The lowest BCUT2D eigenvalue weighted by Gasteiger charge is -2.06. The van der Waals surface area contributed by atoms with Crippen LogP contribution >= 0.6 is 15.9 Å². The molecule has 0 aromatic heterocycles. The van der Waals surface area contributed by atoms with Gasteiger partial charge >= 0.3 is 0 Å². The summed E-state index contributed by atoms with van der Waals surface area (Å²) in [5, 5.41) is 0. The summed E-state index contributed by atoms with van der Waals surface area (Å²) < 4.78 is 6.34. The normalized spacial score (nSPS) is 21.0. The van der Waals surface area contributed by atoms with Gasteiger partial charge in [-0.15, -0.1) is 0 Å². The minimum absolute atomic E-state index is 0.0370. The van der Waals surface area contributed by atoms with Gasteiger partial charge in [0, 0.05) is 10.9 Å². The monoisotopic (exact) mass is 255 g/mol. The number of halogens is 1. The zero-order chi connectivity index (χ0) is 10.1. The minimum Gasteiger partial charge on any atom is -0.493 e. The first kappa shape index (κ1) is 9.68. The number of ketones is 1. The summed E-state index contributed by atoms with van der Waals surface area (Å²) in [6.07, 6.45) is 0.575. The van der Waals surface area contributed by atoms with E-state index in [4.69, 9.17) is 10.5 Å². The van der Waals surface area contributed by atoms with E-state index in [2.05, 4.69) is 15.9 Å². The number of carbonyl (C=O) groups excluding carboxylic acids is 1. The SMILES string of the molecule is NC1CCOc2cc(Br)ccc2C1=O. The van der Waals surface area contributed by atoms with E-state index in [9.17, 15) is 4.79 Å². The van der Waals surface area contributed by atoms with Gasteiger partial charge in [0.1, 0.15) is 5.75 Å². The number of hydrogen-bond acceptors (Lipinski definition) is 3. The molecule has 0 bridgehead atoms. The van der Waals surface area contributed by atoms with Crippen LogP contribution in [0.15, 0.2) is 22.7 Å². The molecule has 2 rings (SSSR count). The van der Waals surface area contributed by atoms with E-state index in [0.717, 1.165) is 4.47 Å². The number of hydrogen-bond donors (Lipinski definition) is 1. The maximum Gasteiger partial charge on any atom is 0.183 e. The molecule has 1 aromatic rings. The van der Waals surface area contributed by atoms with E-state index in [0.29, 0.717) is 24.3 Å². The Labute approximate surface area is 90.4 Å². The Morgan fingerprint density at radius 3 is 3.07 bits per heavy atom. The molecule has 1 unspecified atom stereocenters. The van der Waals surface area contributed by atoms with Gasteiger partial charge in [0.2, 0.25) is 0 Å². The van der Waals surface area contributed by atoms with Crippen LogP contribution in [0.25, 0.3) is 0 Å². The highest BCUT2D eigenvalue weighted by Crippen LogP contribution is 2.27. The summed E-state index contributed by atoms with van der Waals surface area (Å²) in [6.45, 7) is 0.496. The Balaban J connectivity index is 2.48. The van der Waals surface area contributed by atoms with Crippen LogP contribution in [0.1, 0.15) is 16.8 Å². The molecule has 14 heavy (non-hydrogen) atoms. The summed E-state index contributed by atoms with van der Waals surface area (Å²) in [6, 6.07) is 4.92. The number of fused-ring (bicyclic) bond motifs is 1. The van der Waals surface area contributed by atoms with Gasteiger partial charge in [0.15, 0.2) is 5.78 Å². The van der Waals surface area contributed by atoms with Crippen molar-refractivity contribution in [3.8, 4) is 5.75 Å². The molecule has 1 heterocycles. The fourth-order valence-corrected chi connectivity index (χ4v) is 1.79. The van der Waals surface area contributed by atoms with Crippen molar-refractivity contribution in [2.45, 2.75) is 12.5 Å². The topological polar surface area (TPSA) is 52.3 Å². The van der Waals surface area contributed by atoms with Crippen LogP contribution in [0.5, 0.6) is 5.75 Å². The van der Waals surface area contributed by atoms with Crippen molar-refractivity contribution in [2.75, 3.05) is 6.61 Å². The van der Waals surface area contributed by atoms with E-state index in [1.165, 1.54) is 0 Å². The molecule has 0 radical (unpaired) electrons. The van der Waals surface area contributed by atoms with Crippen LogP contribution in [0.4, 0.5) is 0 Å². The van der Waals surface area contributed by atoms with Crippen LogP contribution in [0, 0.1) is 0 Å². The molecule has 0 aliphatic carbocycles. The smallest absolute Gasteiger partial charge is 0.183 e. The largest absolute Gasteiger partial charge is 0.493 e. The summed E-state index contributed by atoms with van der Waals surface area (Å²) in [5.41, 5.74) is 6.27. The molecule has 1 aliphatic heterocycles. The third-order valence-electron chi connectivity index (χ3n) is 2.23. The number of benzene rings is 1. The minimum atomic E-state index is -0.433. The summed E-state index contributed by atoms with van der Waals surface area (Å²) in [4.78, 5) is 11.7. The molecule has 0 saturated carbocycles. The highest BCUT2D eigenvalue weighted by Gasteiger charge is 2.23. The molecule has 0 amide bonds. The van der Waals surface area contributed by atoms with Crippen molar-refractivity contribution in [1.82, 2.24) is 0 Å². The number of ether oxygens (including phenoxy) is 1. The Bertz CT molecular complexity index is 378. The van der Waals surface area contributed by atoms with Crippen molar-refractivity contribution in [1.29, 1.82) is 0 Å². The predicted molar refractivity (Wildman–Crippen MR) is 56.6 cm³/mol. The van der Waals surface area contributed by atoms with Crippen molar-refractivity contribution < 1.29 is 9.53 Å². The third kappa shape index (κ3) is 1.67. The highest BCUT2D eigenvalue weighted by atomic mass is 79.9. The van der Waals surface area contributed by atoms with Crippen LogP contribution in [-0.2, 0) is 0 Å². The molecular weight excluding hydrogens is 246 g/mol. The van der Waals surface area contributed by atoms with Crippen LogP contribution in [0.3, 0.4) is 0 Å². The second kappa shape index (κ2) is 3.71. The van der Waals surface area contributed by atoms with E-state index >= 15 is 0 Å². The quantitative estimate of drug-likeness (QED) is 0.769. The van der Waals surface area contributed by atoms with Crippen molar-refractivity contribution >= 4 is 21.7 Å². The Kier molecular flexibility index (Phi) is 2.56. The highest BCUT2D eigenvalue weighted by molar-refractivity contribution is 9.10. The molecule has 0 fully saturated rings. The van der Waals surface area contributed by atoms with Gasteiger partial charge < -0.3 is 10.5 Å². The molecule has 1 aliphatic rings. The van der Waals surface area contributed by atoms with Gasteiger partial charge in [-0.2, -0.15) is 0 Å². The van der Waals surface area contributed by atoms with Crippen LogP contribution < -0.4 is 10.5 Å². The molecule has 2 N–H and O–H groups in total. The Morgan fingerprint density at radius 1 is 1.50 bits per heavy atom. The van der Waals surface area contributed by atoms with Gasteiger partial charge in [0.05, 0.1) is 18.2 Å². The first-order valence-corrected chi connectivity index (χ1v) is 5.20. The maximum absolute atomic E-state index is 11.7. The van der Waals surface area contributed by atoms with Gasteiger partial charge in [-0.3, -0.25) is 4.79 Å². The fourth-order valence-electron chi connectivity index (χ4n) is 1.45. The fraction of sp³-hybridized carbons (Fsp3) is 0.300. The zero-order valence-electron chi connectivity index (χ0n) is 7.50. The van der Waals surface area contributed by atoms with E-state index in [1.807, 2.05) is 6.07 Å². The second-order valence-corrected chi connectivity index (χ2v) is 4.16. The van der Waals surface area contributed by atoms with Crippen LogP contribution in [-0.4, -0.2) is 18.4 Å². The van der Waals surface area contributed by atoms with E-state index in [1.54, 1.807) is 12.1 Å². The number of nitrogens with two attached hydrogens (primary N) is 1. The molecule has 0 spiro atoms. The second-order valence-electron chi connectivity index (χ2n) is 3.25. The summed E-state index contributed by atoms with van der Waals surface area (Å²) >= 11 is 3.33. The average Bonchev–Trinajstić information content (AvgIpc) is 2.28. The lowest BCUT2D eigenvalue weighted by atomic mass is 10.0. The van der Waals surface area contributed by atoms with Crippen molar-refractivity contribution in [3.05, 3.63) is 28.2 Å². The average molecular weight is 256 g/mol. The predicted octanol–water partition coefficient (Wildman–Crippen LogP) is 1.74. The summed E-state index contributed by atoms with van der Waals surface area (Å²) in [5.74, 6) is 0.585. The zero-order valence-corrected chi connectivity index (χ0v) is 9.08. The third-order valence-corrected chi connectivity index (χ3v) is 2.73. The van der Waals surface area contributed by atoms with Crippen molar-refractivity contribution in [3.63, 3.8) is 0 Å². The molecule has 0 saturated heterocycles. The Hall–Kier alpha value is -0.870. The van der Waals surface area contributed by atoms with Gasteiger partial charge in [-0.1, -0.05) is 15.9 Å². The summed E-state index contributed by atoms with van der Waals surface area (Å²) in [7, 11) is 0. The lowest BCUT2D eigenvalue weighted by molar-refractivity contribution is 0.0960. The Morgan fingerprint density at radius 2 is 2.29 bits per heavy atom. The van der Waals surface area contributed by atoms with Gasteiger partial charge in [-0.25, -0.2) is 0 Å².